The van der Waals surface area contributed by atoms with E-state index in [0.717, 1.165) is 22.9 Å². The van der Waals surface area contributed by atoms with Gasteiger partial charge in [0.25, 0.3) is 0 Å². The largest absolute Gasteiger partial charge is 0.332 e. The summed E-state index contributed by atoms with van der Waals surface area (Å²) >= 11 is 0. The van der Waals surface area contributed by atoms with Crippen LogP contribution in [0.2, 0.25) is 0 Å². The number of rotatable bonds is 1. The first kappa shape index (κ1) is 8.97. The van der Waals surface area contributed by atoms with Gasteiger partial charge in [0.1, 0.15) is 0 Å². The highest BCUT2D eigenvalue weighted by molar-refractivity contribution is 5.69. The first-order chi connectivity index (χ1) is 7.84. The maximum absolute atomic E-state index is 4.51. The van der Waals surface area contributed by atoms with Crippen molar-refractivity contribution >= 4 is 11.6 Å². The topological polar surface area (TPSA) is 29.9 Å². The molecule has 0 fully saturated rings. The van der Waals surface area contributed by atoms with E-state index >= 15 is 0 Å². The van der Waals surface area contributed by atoms with Gasteiger partial charge in [0, 0.05) is 23.7 Å². The molecule has 0 saturated carbocycles. The molecule has 0 atom stereocenters. The van der Waals surface area contributed by atoms with E-state index in [1.54, 1.807) is 0 Å². The number of imidazole rings is 1. The van der Waals surface area contributed by atoms with Crippen molar-refractivity contribution in [2.75, 3.05) is 5.32 Å². The van der Waals surface area contributed by atoms with Crippen molar-refractivity contribution in [3.63, 3.8) is 0 Å². The number of nitrogens with zero attached hydrogens (tertiary/aromatic N) is 2. The van der Waals surface area contributed by atoms with E-state index in [4.69, 9.17) is 0 Å². The molecule has 2 heterocycles. The molecule has 2 aromatic rings. The Labute approximate surface area is 93.8 Å². The quantitative estimate of drug-likeness (QED) is 0.782. The van der Waals surface area contributed by atoms with Crippen molar-refractivity contribution in [2.45, 2.75) is 0 Å². The Morgan fingerprint density at radius 2 is 2.00 bits per heavy atom. The fourth-order valence-corrected chi connectivity index (χ4v) is 1.74. The molecule has 3 rings (SSSR count). The standard InChI is InChI=1S/C13H11N3/c1-10-7-8-14-13-15-12(9-16(10)13)11-5-3-2-4-6-11/h2-9H,1H2,(H,14,15). The van der Waals surface area contributed by atoms with Crippen molar-refractivity contribution in [2.24, 2.45) is 0 Å². The maximum Gasteiger partial charge on any atom is 0.212 e. The Bertz CT molecular complexity index is 564. The van der Waals surface area contributed by atoms with E-state index in [0.29, 0.717) is 0 Å². The van der Waals surface area contributed by atoms with E-state index in [-0.39, 0.29) is 0 Å². The third-order valence-electron chi connectivity index (χ3n) is 2.57. The molecule has 0 aliphatic carbocycles. The lowest BCUT2D eigenvalue weighted by molar-refractivity contribution is 1.09. The molecule has 0 radical (unpaired) electrons. The third kappa shape index (κ3) is 1.34. The van der Waals surface area contributed by atoms with Gasteiger partial charge in [-0.05, 0) is 6.08 Å². The number of nitrogens with one attached hydrogen (secondary N) is 1. The zero-order chi connectivity index (χ0) is 11.0. The SMILES string of the molecule is C=C1C=CNc2nc(-c3ccccc3)cn21. The summed E-state index contributed by atoms with van der Waals surface area (Å²) in [7, 11) is 0. The Morgan fingerprint density at radius 1 is 1.19 bits per heavy atom. The van der Waals surface area contributed by atoms with Crippen LogP contribution >= 0.6 is 0 Å². The molecule has 0 bridgehead atoms. The molecule has 0 unspecified atom stereocenters. The van der Waals surface area contributed by atoms with Crippen LogP contribution in [0.15, 0.2) is 55.4 Å². The summed E-state index contributed by atoms with van der Waals surface area (Å²) in [5.41, 5.74) is 2.98. The van der Waals surface area contributed by atoms with Crippen LogP contribution < -0.4 is 5.32 Å². The maximum atomic E-state index is 4.51. The second kappa shape index (κ2) is 3.38. The summed E-state index contributed by atoms with van der Waals surface area (Å²) in [6.07, 6.45) is 5.76. The normalized spacial score (nSPS) is 13.4. The molecule has 0 spiro atoms. The zero-order valence-electron chi connectivity index (χ0n) is 8.72. The highest BCUT2D eigenvalue weighted by Gasteiger charge is 2.11. The van der Waals surface area contributed by atoms with Crippen LogP contribution in [-0.2, 0) is 0 Å². The van der Waals surface area contributed by atoms with Crippen molar-refractivity contribution in [1.29, 1.82) is 0 Å². The lowest BCUT2D eigenvalue weighted by atomic mass is 10.2. The van der Waals surface area contributed by atoms with Gasteiger partial charge in [-0.1, -0.05) is 36.9 Å². The Hall–Kier alpha value is -2.29. The van der Waals surface area contributed by atoms with Crippen molar-refractivity contribution in [3.05, 3.63) is 55.4 Å². The van der Waals surface area contributed by atoms with E-state index in [1.807, 2.05) is 53.4 Å². The molecule has 16 heavy (non-hydrogen) atoms. The molecule has 1 aliphatic heterocycles. The van der Waals surface area contributed by atoms with Crippen molar-refractivity contribution < 1.29 is 0 Å². The van der Waals surface area contributed by atoms with Crippen LogP contribution in [0.1, 0.15) is 0 Å². The molecule has 3 heteroatoms. The van der Waals surface area contributed by atoms with Gasteiger partial charge in [-0.3, -0.25) is 4.57 Å². The third-order valence-corrected chi connectivity index (χ3v) is 2.57. The Balaban J connectivity index is 2.09. The van der Waals surface area contributed by atoms with E-state index in [2.05, 4.69) is 16.9 Å². The zero-order valence-corrected chi connectivity index (χ0v) is 8.72. The minimum Gasteiger partial charge on any atom is -0.332 e. The second-order valence-electron chi connectivity index (χ2n) is 3.65. The highest BCUT2D eigenvalue weighted by Crippen LogP contribution is 2.25. The Morgan fingerprint density at radius 3 is 2.75 bits per heavy atom. The van der Waals surface area contributed by atoms with Crippen molar-refractivity contribution in [3.8, 4) is 11.3 Å². The average molecular weight is 209 g/mol. The average Bonchev–Trinajstić information content (AvgIpc) is 2.76. The van der Waals surface area contributed by atoms with Gasteiger partial charge in [0.2, 0.25) is 5.95 Å². The molecular weight excluding hydrogens is 198 g/mol. The molecule has 3 nitrogen and oxygen atoms in total. The number of allylic oxidation sites excluding steroid dienone is 2. The first-order valence-electron chi connectivity index (χ1n) is 5.12. The first-order valence-corrected chi connectivity index (χ1v) is 5.12. The molecule has 1 aromatic heterocycles. The number of hydrogen-bond acceptors (Lipinski definition) is 2. The summed E-state index contributed by atoms with van der Waals surface area (Å²) in [6, 6.07) is 10.1. The number of anilines is 1. The van der Waals surface area contributed by atoms with Gasteiger partial charge in [-0.2, -0.15) is 0 Å². The highest BCUT2D eigenvalue weighted by atomic mass is 15.2. The van der Waals surface area contributed by atoms with Gasteiger partial charge in [0.15, 0.2) is 0 Å². The van der Waals surface area contributed by atoms with Gasteiger partial charge >= 0.3 is 0 Å². The molecular formula is C13H11N3. The summed E-state index contributed by atoms with van der Waals surface area (Å²) in [4.78, 5) is 4.51. The van der Waals surface area contributed by atoms with Crippen LogP contribution in [0.5, 0.6) is 0 Å². The van der Waals surface area contributed by atoms with Crippen molar-refractivity contribution in [1.82, 2.24) is 9.55 Å². The fraction of sp³-hybridized carbons (Fsp3) is 0. The summed E-state index contributed by atoms with van der Waals surface area (Å²) < 4.78 is 1.95. The summed E-state index contributed by atoms with van der Waals surface area (Å²) in [5, 5.41) is 3.09. The molecule has 1 aromatic carbocycles. The van der Waals surface area contributed by atoms with Gasteiger partial charge in [-0.25, -0.2) is 4.98 Å². The van der Waals surface area contributed by atoms with E-state index < -0.39 is 0 Å². The smallest absolute Gasteiger partial charge is 0.212 e. The molecule has 1 aliphatic rings. The molecule has 0 amide bonds. The minimum absolute atomic E-state index is 0.811. The predicted octanol–water partition coefficient (Wildman–Crippen LogP) is 2.96. The lowest BCUT2D eigenvalue weighted by Gasteiger charge is -2.10. The van der Waals surface area contributed by atoms with Crippen LogP contribution in [0.4, 0.5) is 5.95 Å². The second-order valence-corrected chi connectivity index (χ2v) is 3.65. The van der Waals surface area contributed by atoms with Crippen LogP contribution in [-0.4, -0.2) is 9.55 Å². The molecule has 1 N–H and O–H groups in total. The van der Waals surface area contributed by atoms with Gasteiger partial charge in [-0.15, -0.1) is 0 Å². The van der Waals surface area contributed by atoms with E-state index in [1.165, 1.54) is 0 Å². The van der Waals surface area contributed by atoms with Crippen LogP contribution in [0.25, 0.3) is 17.0 Å². The Kier molecular flexibility index (Phi) is 1.90. The fourth-order valence-electron chi connectivity index (χ4n) is 1.74. The monoisotopic (exact) mass is 209 g/mol. The van der Waals surface area contributed by atoms with Crippen LogP contribution in [0.3, 0.4) is 0 Å². The summed E-state index contributed by atoms with van der Waals surface area (Å²) in [6.45, 7) is 3.96. The number of fused-ring (bicyclic) bond motifs is 1. The van der Waals surface area contributed by atoms with Gasteiger partial charge < -0.3 is 5.32 Å². The minimum atomic E-state index is 0.811. The predicted molar refractivity (Wildman–Crippen MR) is 65.8 cm³/mol. The number of benzene rings is 1. The number of hydrogen-bond donors (Lipinski definition) is 1. The van der Waals surface area contributed by atoms with Gasteiger partial charge in [0.05, 0.1) is 5.69 Å². The van der Waals surface area contributed by atoms with Crippen LogP contribution in [0, 0.1) is 0 Å². The van der Waals surface area contributed by atoms with E-state index in [9.17, 15) is 0 Å². The molecule has 78 valence electrons. The lowest BCUT2D eigenvalue weighted by Crippen LogP contribution is -2.04. The number of aromatic nitrogens is 2. The molecule has 0 saturated heterocycles. The summed E-state index contributed by atoms with van der Waals surface area (Å²) in [5.74, 6) is 0.811.